The van der Waals surface area contributed by atoms with Crippen molar-refractivity contribution in [2.75, 3.05) is 19.8 Å². The van der Waals surface area contributed by atoms with Crippen LogP contribution in [0.2, 0.25) is 0 Å². The van der Waals surface area contributed by atoms with E-state index in [9.17, 15) is 9.90 Å². The molecule has 0 aromatic rings. The number of carbonyl (C=O) groups excluding carboxylic acids is 1. The van der Waals surface area contributed by atoms with Crippen LogP contribution in [0.25, 0.3) is 0 Å². The first kappa shape index (κ1) is 47.3. The Kier molecular flexibility index (Phi) is 40.2. The molecule has 0 aromatic carbocycles. The van der Waals surface area contributed by atoms with E-state index in [2.05, 4.69) is 111 Å². The summed E-state index contributed by atoms with van der Waals surface area (Å²) in [5.74, 6) is -0.233. The molecule has 0 saturated heterocycles. The fourth-order valence-electron chi connectivity index (χ4n) is 5.14. The van der Waals surface area contributed by atoms with Crippen LogP contribution in [-0.2, 0) is 14.3 Å². The van der Waals surface area contributed by atoms with Crippen LogP contribution in [-0.4, -0.2) is 37.0 Å². The van der Waals surface area contributed by atoms with Crippen LogP contribution < -0.4 is 0 Å². The van der Waals surface area contributed by atoms with Crippen molar-refractivity contribution in [1.82, 2.24) is 0 Å². The van der Waals surface area contributed by atoms with Crippen molar-refractivity contribution >= 4 is 5.97 Å². The lowest BCUT2D eigenvalue weighted by Gasteiger charge is -2.15. The molecule has 284 valence electrons. The normalized spacial score (nSPS) is 13.4. The summed E-state index contributed by atoms with van der Waals surface area (Å²) >= 11 is 0. The predicted octanol–water partition coefficient (Wildman–Crippen LogP) is 13.4. The highest BCUT2D eigenvalue weighted by Crippen LogP contribution is 2.11. The SMILES string of the molecule is CC/C=C\C/C=C\C/C=C\C/C=C\C/C=C\C/C=C\CCCOCC(CO)OC(=O)CCCCCCCCC/C=C\C/C=C\CCCCCC. The summed E-state index contributed by atoms with van der Waals surface area (Å²) in [4.78, 5) is 12.2. The third kappa shape index (κ3) is 39.7. The number of esters is 1. The molecule has 1 atom stereocenters. The quantitative estimate of drug-likeness (QED) is 0.0403. The number of ether oxygens (including phenoxy) is 2. The summed E-state index contributed by atoms with van der Waals surface area (Å²) < 4.78 is 11.1. The van der Waals surface area contributed by atoms with E-state index in [1.165, 1.54) is 64.2 Å². The Morgan fingerprint density at radius 1 is 0.500 bits per heavy atom. The monoisotopic (exact) mass is 693 g/mol. The van der Waals surface area contributed by atoms with Gasteiger partial charge in [0.1, 0.15) is 6.10 Å². The summed E-state index contributed by atoms with van der Waals surface area (Å²) in [6, 6.07) is 0. The first-order valence-corrected chi connectivity index (χ1v) is 20.3. The van der Waals surface area contributed by atoms with E-state index in [0.29, 0.717) is 13.0 Å². The van der Waals surface area contributed by atoms with Crippen molar-refractivity contribution < 1.29 is 19.4 Å². The summed E-state index contributed by atoms with van der Waals surface area (Å²) in [5.41, 5.74) is 0. The van der Waals surface area contributed by atoms with Crippen molar-refractivity contribution in [3.8, 4) is 0 Å². The highest BCUT2D eigenvalue weighted by molar-refractivity contribution is 5.69. The number of hydrogen-bond acceptors (Lipinski definition) is 4. The van der Waals surface area contributed by atoms with Crippen molar-refractivity contribution in [2.24, 2.45) is 0 Å². The lowest BCUT2D eigenvalue weighted by atomic mass is 10.1. The molecule has 0 aliphatic carbocycles. The lowest BCUT2D eigenvalue weighted by Crippen LogP contribution is -2.27. The van der Waals surface area contributed by atoms with Crippen LogP contribution in [0.5, 0.6) is 0 Å². The van der Waals surface area contributed by atoms with Crippen LogP contribution in [0, 0.1) is 0 Å². The third-order valence-corrected chi connectivity index (χ3v) is 8.14. The first-order valence-electron chi connectivity index (χ1n) is 20.3. The van der Waals surface area contributed by atoms with Gasteiger partial charge in [-0.2, -0.15) is 0 Å². The van der Waals surface area contributed by atoms with Gasteiger partial charge in [-0.25, -0.2) is 0 Å². The fraction of sp³-hybridized carbons (Fsp3) is 0.630. The fourth-order valence-corrected chi connectivity index (χ4v) is 5.14. The molecule has 4 heteroatoms. The second kappa shape index (κ2) is 42.5. The summed E-state index contributed by atoms with van der Waals surface area (Å²) in [5, 5.41) is 9.58. The molecule has 0 aliphatic heterocycles. The van der Waals surface area contributed by atoms with E-state index >= 15 is 0 Å². The van der Waals surface area contributed by atoms with Gasteiger partial charge in [-0.1, -0.05) is 162 Å². The van der Waals surface area contributed by atoms with Gasteiger partial charge in [0.15, 0.2) is 0 Å². The summed E-state index contributed by atoms with van der Waals surface area (Å²) in [6.07, 6.45) is 60.3. The molecular weight excluding hydrogens is 617 g/mol. The Labute approximate surface area is 309 Å². The molecule has 0 saturated carbocycles. The zero-order valence-electron chi connectivity index (χ0n) is 32.4. The Bertz CT molecular complexity index is 949. The molecular formula is C46H76O4. The number of allylic oxidation sites excluding steroid dienone is 16. The standard InChI is InChI=1S/C46H76O4/c1-3-5-7-9-11-13-15-17-19-21-23-24-26-28-30-32-34-36-38-40-42-49-44-45(43-47)50-46(48)41-39-37-35-33-31-29-27-25-22-20-18-16-14-12-10-8-6-4-2/h5,7,11,13-14,16-17,19-20,22-24,28,30,34,36,45,47H,3-4,6,8-10,12,15,18,21,25-27,29,31-33,35,37-44H2,1-2H3/b7-5-,13-11-,16-14-,19-17-,22-20-,24-23-,30-28-,36-34-. The number of rotatable bonds is 36. The molecule has 0 fully saturated rings. The van der Waals surface area contributed by atoms with E-state index < -0.39 is 6.10 Å². The van der Waals surface area contributed by atoms with Crippen molar-refractivity contribution in [3.63, 3.8) is 0 Å². The third-order valence-electron chi connectivity index (χ3n) is 8.14. The van der Waals surface area contributed by atoms with E-state index in [1.54, 1.807) is 0 Å². The molecule has 4 nitrogen and oxygen atoms in total. The van der Waals surface area contributed by atoms with E-state index in [0.717, 1.165) is 77.0 Å². The molecule has 0 aliphatic rings. The van der Waals surface area contributed by atoms with Crippen molar-refractivity contribution in [1.29, 1.82) is 0 Å². The molecule has 50 heavy (non-hydrogen) atoms. The summed E-state index contributed by atoms with van der Waals surface area (Å²) in [6.45, 7) is 5.05. The highest BCUT2D eigenvalue weighted by Gasteiger charge is 2.13. The predicted molar refractivity (Wildman–Crippen MR) is 218 cm³/mol. The average Bonchev–Trinajstić information content (AvgIpc) is 3.12. The Hall–Kier alpha value is -2.69. The number of aliphatic hydroxyl groups is 1. The molecule has 0 bridgehead atoms. The van der Waals surface area contributed by atoms with Crippen molar-refractivity contribution in [3.05, 3.63) is 97.2 Å². The maximum absolute atomic E-state index is 12.2. The summed E-state index contributed by atoms with van der Waals surface area (Å²) in [7, 11) is 0. The highest BCUT2D eigenvalue weighted by atomic mass is 16.6. The Balaban J connectivity index is 3.61. The number of carbonyl (C=O) groups is 1. The Morgan fingerprint density at radius 3 is 1.36 bits per heavy atom. The molecule has 1 unspecified atom stereocenters. The number of hydrogen-bond donors (Lipinski definition) is 1. The van der Waals surface area contributed by atoms with Crippen molar-refractivity contribution in [2.45, 2.75) is 168 Å². The van der Waals surface area contributed by atoms with Gasteiger partial charge < -0.3 is 14.6 Å². The minimum atomic E-state index is -0.575. The van der Waals surface area contributed by atoms with E-state index in [4.69, 9.17) is 9.47 Å². The van der Waals surface area contributed by atoms with Crippen LogP contribution >= 0.6 is 0 Å². The number of aliphatic hydroxyl groups excluding tert-OH is 1. The average molecular weight is 693 g/mol. The largest absolute Gasteiger partial charge is 0.457 e. The van der Waals surface area contributed by atoms with Crippen LogP contribution in [0.15, 0.2) is 97.2 Å². The Morgan fingerprint density at radius 2 is 0.900 bits per heavy atom. The number of unbranched alkanes of at least 4 members (excludes halogenated alkanes) is 12. The van der Waals surface area contributed by atoms with Crippen LogP contribution in [0.4, 0.5) is 0 Å². The van der Waals surface area contributed by atoms with Gasteiger partial charge in [-0.3, -0.25) is 4.79 Å². The van der Waals surface area contributed by atoms with Gasteiger partial charge in [-0.15, -0.1) is 0 Å². The molecule has 0 heterocycles. The molecule has 0 rings (SSSR count). The van der Waals surface area contributed by atoms with Crippen LogP contribution in [0.3, 0.4) is 0 Å². The van der Waals surface area contributed by atoms with Gasteiger partial charge in [0.25, 0.3) is 0 Å². The second-order valence-electron chi connectivity index (χ2n) is 13.0. The smallest absolute Gasteiger partial charge is 0.306 e. The minimum Gasteiger partial charge on any atom is -0.457 e. The first-order chi connectivity index (χ1) is 24.7. The molecule has 0 aromatic heterocycles. The van der Waals surface area contributed by atoms with E-state index in [1.807, 2.05) is 0 Å². The lowest BCUT2D eigenvalue weighted by molar-refractivity contribution is -0.154. The molecule has 0 radical (unpaired) electrons. The topological polar surface area (TPSA) is 55.8 Å². The van der Waals surface area contributed by atoms with Gasteiger partial charge in [0, 0.05) is 13.0 Å². The molecule has 0 spiro atoms. The maximum atomic E-state index is 12.2. The molecule has 0 amide bonds. The maximum Gasteiger partial charge on any atom is 0.306 e. The zero-order valence-corrected chi connectivity index (χ0v) is 32.4. The zero-order chi connectivity index (χ0) is 36.3. The van der Waals surface area contributed by atoms with Gasteiger partial charge in [0.05, 0.1) is 13.2 Å². The van der Waals surface area contributed by atoms with Gasteiger partial charge in [-0.05, 0) is 89.9 Å². The van der Waals surface area contributed by atoms with Gasteiger partial charge >= 0.3 is 5.97 Å². The van der Waals surface area contributed by atoms with E-state index in [-0.39, 0.29) is 19.2 Å². The van der Waals surface area contributed by atoms with Crippen LogP contribution in [0.1, 0.15) is 162 Å². The minimum absolute atomic E-state index is 0.204. The van der Waals surface area contributed by atoms with Gasteiger partial charge in [0.2, 0.25) is 0 Å². The second-order valence-corrected chi connectivity index (χ2v) is 13.0. The molecule has 1 N–H and O–H groups in total.